The number of carboxylic acids is 1. The van der Waals surface area contributed by atoms with Crippen LogP contribution in [0, 0.1) is 17.8 Å². The second-order valence-electron chi connectivity index (χ2n) is 18.6. The summed E-state index contributed by atoms with van der Waals surface area (Å²) in [5.74, 6) is -1.15. The largest absolute Gasteiger partial charge is 0.481 e. The minimum atomic E-state index is -0.918. The van der Waals surface area contributed by atoms with Gasteiger partial charge in [0, 0.05) is 31.8 Å². The van der Waals surface area contributed by atoms with Gasteiger partial charge in [0.25, 0.3) is 11.7 Å². The fourth-order valence-corrected chi connectivity index (χ4v) is 8.03. The number of rotatable bonds is 17. The van der Waals surface area contributed by atoms with Crippen molar-refractivity contribution >= 4 is 29.6 Å². The second kappa shape index (κ2) is 21.7. The summed E-state index contributed by atoms with van der Waals surface area (Å²) in [5.41, 5.74) is -1.11. The Kier molecular flexibility index (Phi) is 17.4. The van der Waals surface area contributed by atoms with E-state index in [1.807, 2.05) is 41.5 Å². The van der Waals surface area contributed by atoms with Crippen LogP contribution in [0.3, 0.4) is 0 Å². The summed E-state index contributed by atoms with van der Waals surface area (Å²) in [6, 6.07) is 0. The fraction of sp³-hybridized carbons (Fsp3) is 0.791. The van der Waals surface area contributed by atoms with Crippen molar-refractivity contribution < 1.29 is 47.6 Å². The predicted molar refractivity (Wildman–Crippen MR) is 213 cm³/mol. The molecular weight excluding hydrogens is 746 g/mol. The Labute approximate surface area is 343 Å². The third-order valence-electron chi connectivity index (χ3n) is 11.1. The molecule has 2 atom stereocenters. The van der Waals surface area contributed by atoms with Crippen LogP contribution in [-0.2, 0) is 23.9 Å². The van der Waals surface area contributed by atoms with Crippen molar-refractivity contribution in [3.8, 4) is 0 Å². The van der Waals surface area contributed by atoms with Crippen molar-refractivity contribution in [1.29, 1.82) is 0 Å². The number of aliphatic carboxylic acids is 1. The van der Waals surface area contributed by atoms with Gasteiger partial charge in [-0.3, -0.25) is 24.0 Å². The zero-order chi connectivity index (χ0) is 42.5. The van der Waals surface area contributed by atoms with Crippen LogP contribution in [0.1, 0.15) is 209 Å². The van der Waals surface area contributed by atoms with Crippen molar-refractivity contribution in [3.05, 3.63) is 23.4 Å². The van der Waals surface area contributed by atoms with E-state index < -0.39 is 29.0 Å². The number of Topliss-reactive ketones (excluding diaryl/α,β-unsaturated/α-hetero) is 1. The van der Waals surface area contributed by atoms with Crippen molar-refractivity contribution in [2.24, 2.45) is 17.8 Å². The normalized spacial score (nSPS) is 18.0. The summed E-state index contributed by atoms with van der Waals surface area (Å²) in [6.07, 6.45) is 19.1. The number of hydrogen-bond acceptors (Lipinski definition) is 13. The molecule has 15 heteroatoms. The van der Waals surface area contributed by atoms with Crippen LogP contribution >= 0.6 is 0 Å². The lowest BCUT2D eigenvalue weighted by Gasteiger charge is -2.35. The van der Waals surface area contributed by atoms with Crippen LogP contribution in [0.5, 0.6) is 0 Å². The highest BCUT2D eigenvalue weighted by atomic mass is 16.6. The minimum absolute atomic E-state index is 0.0708. The number of nitrogens with zero attached hydrogens (tertiary/aromatic N) is 5. The van der Waals surface area contributed by atoms with E-state index in [1.54, 1.807) is 0 Å². The predicted octanol–water partition coefficient (Wildman–Crippen LogP) is 8.63. The smallest absolute Gasteiger partial charge is 0.310 e. The van der Waals surface area contributed by atoms with Gasteiger partial charge in [0.05, 0.1) is 18.8 Å². The second-order valence-corrected chi connectivity index (χ2v) is 18.6. The van der Waals surface area contributed by atoms with E-state index in [1.165, 1.54) is 82.5 Å². The average molecular weight is 814 g/mol. The maximum absolute atomic E-state index is 12.5. The van der Waals surface area contributed by atoms with Crippen LogP contribution in [0.15, 0.2) is 9.05 Å². The molecule has 0 aromatic carbocycles. The number of aromatic nitrogens is 4. The van der Waals surface area contributed by atoms with Crippen molar-refractivity contribution in [3.63, 3.8) is 0 Å². The number of likely N-dealkylation sites (tertiary alicyclic amines) is 1. The number of hydrogen-bond donors (Lipinski definition) is 1. The summed E-state index contributed by atoms with van der Waals surface area (Å²) in [5, 5.41) is 16.5. The molecule has 0 bridgehead atoms. The van der Waals surface area contributed by atoms with Gasteiger partial charge in [-0.1, -0.05) is 100 Å². The lowest BCUT2D eigenvalue weighted by Crippen LogP contribution is -2.53. The highest BCUT2D eigenvalue weighted by Gasteiger charge is 2.38. The molecule has 2 aromatic rings. The molecule has 1 amide bonds. The van der Waals surface area contributed by atoms with Crippen LogP contribution < -0.4 is 0 Å². The van der Waals surface area contributed by atoms with Crippen LogP contribution in [0.25, 0.3) is 0 Å². The third-order valence-corrected chi connectivity index (χ3v) is 11.1. The Bertz CT molecular complexity index is 1640. The summed E-state index contributed by atoms with van der Waals surface area (Å²) in [7, 11) is 0. The van der Waals surface area contributed by atoms with E-state index in [9.17, 15) is 24.0 Å². The summed E-state index contributed by atoms with van der Waals surface area (Å²) in [4.78, 5) is 69.5. The van der Waals surface area contributed by atoms with E-state index in [4.69, 9.17) is 23.6 Å². The molecule has 2 saturated carbocycles. The Morgan fingerprint density at radius 2 is 1.10 bits per heavy atom. The first kappa shape index (κ1) is 46.5. The maximum Gasteiger partial charge on any atom is 0.310 e. The van der Waals surface area contributed by atoms with Gasteiger partial charge in [-0.05, 0) is 66.2 Å². The first-order valence-corrected chi connectivity index (χ1v) is 21.5. The highest BCUT2D eigenvalue weighted by Crippen LogP contribution is 2.33. The van der Waals surface area contributed by atoms with E-state index in [0.717, 1.165) is 37.5 Å². The van der Waals surface area contributed by atoms with Crippen molar-refractivity contribution in [1.82, 2.24) is 25.2 Å². The Morgan fingerprint density at radius 1 is 0.690 bits per heavy atom. The zero-order valence-electron chi connectivity index (χ0n) is 35.9. The maximum atomic E-state index is 12.5. The standard InChI is InChI=1S/C23H35N3O6.C20H32N2O4/c1-23(2,3)31-18(27)12-16(11-7-10-15-8-5-4-6-9-15)20-24-19(25-32-20)21(28)26-13-17(14-26)22(29)30;1-14(23)18-21-19(26-22-18)16(13-17(24)25-20(2,3)4)12-8-11-15-9-6-5-7-10-15/h15-17H,4-14H2,1-3H3,(H,29,30);15-16H,5-13H2,1-4H3/t2*16-/m11/s1. The van der Waals surface area contributed by atoms with Gasteiger partial charge >= 0.3 is 17.9 Å². The molecule has 3 heterocycles. The van der Waals surface area contributed by atoms with E-state index in [-0.39, 0.29) is 73.0 Å². The molecule has 0 unspecified atom stereocenters. The molecule has 2 aromatic heterocycles. The number of carboxylic acid groups (broad SMARTS) is 1. The first-order chi connectivity index (χ1) is 27.4. The van der Waals surface area contributed by atoms with Gasteiger partial charge in [0.1, 0.15) is 11.2 Å². The van der Waals surface area contributed by atoms with Gasteiger partial charge in [0.15, 0.2) is 0 Å². The Hall–Kier alpha value is -4.17. The Morgan fingerprint density at radius 3 is 1.48 bits per heavy atom. The molecule has 3 aliphatic rings. The van der Waals surface area contributed by atoms with Crippen LogP contribution in [0.4, 0.5) is 0 Å². The van der Waals surface area contributed by atoms with Gasteiger partial charge in [-0.15, -0.1) is 0 Å². The molecule has 0 spiro atoms. The molecule has 2 aliphatic carbocycles. The van der Waals surface area contributed by atoms with Gasteiger partial charge in [0.2, 0.25) is 23.4 Å². The number of ether oxygens (including phenoxy) is 2. The summed E-state index contributed by atoms with van der Waals surface area (Å²) < 4.78 is 21.6. The number of carbonyl (C=O) groups is 5. The average Bonchev–Trinajstić information content (AvgIpc) is 3.81. The fourth-order valence-electron chi connectivity index (χ4n) is 8.03. The Balaban J connectivity index is 0.000000262. The number of ketones is 1. The number of esters is 2. The molecule has 324 valence electrons. The van der Waals surface area contributed by atoms with E-state index in [2.05, 4.69) is 20.3 Å². The van der Waals surface area contributed by atoms with Crippen LogP contribution in [-0.4, -0.2) is 84.2 Å². The van der Waals surface area contributed by atoms with E-state index in [0.29, 0.717) is 12.3 Å². The number of carbonyl (C=O) groups excluding carboxylic acids is 4. The van der Waals surface area contributed by atoms with E-state index >= 15 is 0 Å². The molecule has 58 heavy (non-hydrogen) atoms. The SMILES string of the molecule is CC(=O)c1noc([C@H](CCCC2CCCCC2)CC(=O)OC(C)(C)C)n1.CC(C)(C)OC(=O)C[C@@H](CCCC1CCCCC1)c1nc(C(=O)N2CC(C(=O)O)C2)no1. The molecule has 0 radical (unpaired) electrons. The lowest BCUT2D eigenvalue weighted by molar-refractivity contribution is -0.156. The quantitative estimate of drug-likeness (QED) is 0.117. The molecule has 5 rings (SSSR count). The van der Waals surface area contributed by atoms with Gasteiger partial charge < -0.3 is 28.5 Å². The molecule has 3 fully saturated rings. The molecule has 1 aliphatic heterocycles. The molecule has 15 nitrogen and oxygen atoms in total. The lowest BCUT2D eigenvalue weighted by atomic mass is 9.84. The summed E-state index contributed by atoms with van der Waals surface area (Å²) >= 11 is 0. The minimum Gasteiger partial charge on any atom is -0.481 e. The van der Waals surface area contributed by atoms with Crippen molar-refractivity contribution in [2.75, 3.05) is 13.1 Å². The molecule has 1 N–H and O–H groups in total. The monoisotopic (exact) mass is 813 g/mol. The first-order valence-electron chi connectivity index (χ1n) is 21.5. The van der Waals surface area contributed by atoms with Crippen LogP contribution in [0.2, 0.25) is 0 Å². The van der Waals surface area contributed by atoms with Gasteiger partial charge in [-0.25, -0.2) is 0 Å². The number of amides is 1. The summed E-state index contributed by atoms with van der Waals surface area (Å²) in [6.45, 7) is 12.7. The zero-order valence-corrected chi connectivity index (χ0v) is 35.9. The van der Waals surface area contributed by atoms with Crippen molar-refractivity contribution in [2.45, 2.75) is 187 Å². The molecular formula is C43H67N5O10. The topological polar surface area (TPSA) is 205 Å². The third kappa shape index (κ3) is 15.9. The molecule has 1 saturated heterocycles. The highest BCUT2D eigenvalue weighted by molar-refractivity contribution is 5.92. The van der Waals surface area contributed by atoms with Gasteiger partial charge in [-0.2, -0.15) is 9.97 Å².